The van der Waals surface area contributed by atoms with Gasteiger partial charge < -0.3 is 35.3 Å². The van der Waals surface area contributed by atoms with Gasteiger partial charge in [-0.1, -0.05) is 18.1 Å². The first-order valence-corrected chi connectivity index (χ1v) is 12.6. The summed E-state index contributed by atoms with van der Waals surface area (Å²) >= 11 is 0. The Balaban J connectivity index is 1.44. The van der Waals surface area contributed by atoms with E-state index in [1.54, 1.807) is 7.11 Å². The lowest BCUT2D eigenvalue weighted by Crippen LogP contribution is -2.56. The number of amides is 2. The predicted octanol–water partition coefficient (Wildman–Crippen LogP) is 2.42. The summed E-state index contributed by atoms with van der Waals surface area (Å²) in [6.45, 7) is 8.48. The van der Waals surface area contributed by atoms with Crippen LogP contribution in [0.5, 0.6) is 0 Å². The third-order valence-corrected chi connectivity index (χ3v) is 7.31. The third kappa shape index (κ3) is 6.71. The van der Waals surface area contributed by atoms with Gasteiger partial charge in [-0.15, -0.1) is 0 Å². The number of carbonyl (C=O) groups is 2. The van der Waals surface area contributed by atoms with Gasteiger partial charge in [-0.25, -0.2) is 4.79 Å². The minimum atomic E-state index is -0.429. The maximum atomic E-state index is 12.5. The van der Waals surface area contributed by atoms with Gasteiger partial charge in [0.2, 0.25) is 5.91 Å². The molecule has 9 nitrogen and oxygen atoms in total. The molecule has 4 N–H and O–H groups in total. The maximum Gasteiger partial charge on any atom is 0.407 e. The fourth-order valence-corrected chi connectivity index (χ4v) is 5.33. The topological polar surface area (TPSA) is 128 Å². The molecule has 0 bridgehead atoms. The number of hydrogen-bond acceptors (Lipinski definition) is 7. The monoisotopic (exact) mass is 481 g/mol. The molecule has 3 fully saturated rings. The molecule has 1 spiro atoms. The zero-order valence-corrected chi connectivity index (χ0v) is 21.2. The van der Waals surface area contributed by atoms with Crippen molar-refractivity contribution in [2.24, 2.45) is 11.7 Å². The molecular weight excluding hydrogens is 438 g/mol. The first kappa shape index (κ1) is 26.9. The lowest BCUT2D eigenvalue weighted by atomic mass is 9.68. The number of carbonyl (C=O) groups excluding carboxylic acids is 2. The van der Waals surface area contributed by atoms with E-state index in [1.807, 2.05) is 0 Å². The van der Waals surface area contributed by atoms with E-state index in [9.17, 15) is 9.59 Å². The lowest BCUT2D eigenvalue weighted by Gasteiger charge is -2.42. The van der Waals surface area contributed by atoms with Crippen LogP contribution in [0.15, 0.2) is 11.6 Å². The highest BCUT2D eigenvalue weighted by molar-refractivity contribution is 5.75. The lowest BCUT2D eigenvalue weighted by molar-refractivity contribution is -0.121. The highest BCUT2D eigenvalue weighted by atomic mass is 16.6. The van der Waals surface area contributed by atoms with Crippen molar-refractivity contribution in [3.05, 3.63) is 11.6 Å². The number of hydrogen-bond donors (Lipinski definition) is 3. The molecule has 1 aliphatic carbocycles. The fraction of sp³-hybridized carbons (Fsp3) is 0.840. The largest absolute Gasteiger partial charge is 0.443 e. The number of unbranched alkanes of at least 4 members (excludes halogenated alkanes) is 2. The van der Waals surface area contributed by atoms with E-state index in [0.717, 1.165) is 32.1 Å². The van der Waals surface area contributed by atoms with Crippen molar-refractivity contribution in [2.75, 3.05) is 33.4 Å². The number of alkyl carbamates (subject to hydrolysis) is 1. The van der Waals surface area contributed by atoms with Crippen molar-refractivity contribution >= 4 is 12.0 Å². The van der Waals surface area contributed by atoms with Gasteiger partial charge in [0.25, 0.3) is 0 Å². The van der Waals surface area contributed by atoms with E-state index >= 15 is 0 Å². The molecule has 3 rings (SSSR count). The molecule has 0 aromatic rings. The summed E-state index contributed by atoms with van der Waals surface area (Å²) in [5.74, 6) is 0.0293. The van der Waals surface area contributed by atoms with Crippen LogP contribution < -0.4 is 16.4 Å². The molecule has 4 unspecified atom stereocenters. The smallest absolute Gasteiger partial charge is 0.407 e. The van der Waals surface area contributed by atoms with Crippen LogP contribution in [0.4, 0.5) is 4.79 Å². The van der Waals surface area contributed by atoms with Gasteiger partial charge in [-0.2, -0.15) is 0 Å². The molecule has 194 valence electrons. The van der Waals surface area contributed by atoms with Gasteiger partial charge in [0, 0.05) is 33.2 Å². The highest BCUT2D eigenvalue weighted by Gasteiger charge is 2.72. The molecule has 0 aromatic carbocycles. The summed E-state index contributed by atoms with van der Waals surface area (Å²) in [4.78, 5) is 24.1. The second-order valence-electron chi connectivity index (χ2n) is 10.2. The van der Waals surface area contributed by atoms with Gasteiger partial charge in [0.05, 0.1) is 18.6 Å². The molecule has 3 aliphatic rings. The molecule has 2 amide bonds. The normalized spacial score (nSPS) is 33.8. The Bertz CT molecular complexity index is 736. The molecule has 0 aromatic heterocycles. The number of ether oxygens (including phenoxy) is 4. The van der Waals surface area contributed by atoms with Crippen molar-refractivity contribution in [1.29, 1.82) is 0 Å². The number of nitrogens with two attached hydrogens (primary N) is 1. The maximum absolute atomic E-state index is 12.5. The first-order chi connectivity index (χ1) is 16.3. The Labute approximate surface area is 203 Å². The van der Waals surface area contributed by atoms with Gasteiger partial charge in [-0.3, -0.25) is 4.79 Å². The van der Waals surface area contributed by atoms with E-state index in [2.05, 4.69) is 37.5 Å². The zero-order chi connectivity index (χ0) is 24.8. The molecule has 6 atom stereocenters. The summed E-state index contributed by atoms with van der Waals surface area (Å²) in [5.41, 5.74) is 6.06. The van der Waals surface area contributed by atoms with Crippen LogP contribution in [0.2, 0.25) is 0 Å². The zero-order valence-electron chi connectivity index (χ0n) is 21.2. The minimum absolute atomic E-state index is 0.0116. The second kappa shape index (κ2) is 11.8. The minimum Gasteiger partial charge on any atom is -0.443 e. The molecule has 2 aliphatic heterocycles. The van der Waals surface area contributed by atoms with E-state index in [0.29, 0.717) is 39.1 Å². The van der Waals surface area contributed by atoms with E-state index in [4.69, 9.17) is 24.7 Å². The number of rotatable bonds is 13. The summed E-state index contributed by atoms with van der Waals surface area (Å²) in [7, 11) is 1.67. The van der Waals surface area contributed by atoms with Gasteiger partial charge in [0.15, 0.2) is 0 Å². The summed E-state index contributed by atoms with van der Waals surface area (Å²) < 4.78 is 23.9. The van der Waals surface area contributed by atoms with Crippen molar-refractivity contribution in [3.8, 4) is 0 Å². The number of methoxy groups -OCH3 is 1. The quantitative estimate of drug-likeness (QED) is 0.209. The van der Waals surface area contributed by atoms with Crippen LogP contribution in [0.25, 0.3) is 0 Å². The Hall–Kier alpha value is -1.68. The number of epoxide rings is 2. The number of allylic oxidation sites excluding steroid dienone is 1. The number of nitrogens with one attached hydrogen (secondary N) is 2. The van der Waals surface area contributed by atoms with Gasteiger partial charge in [-0.05, 0) is 52.9 Å². The standard InChI is InChI=1S/C25H43N3O6/c1-17(2)9-10-19-24(3,34-19)22-21(31-4)18(11-12-25(22)16-32-25)33-23(30)28-14-7-5-6-8-20(29)27-15-13-26/h9,18-19,21-22H,5-8,10-16,26H2,1-4H3,(H,27,29)(H,28,30)/t18?,19-,21?,22?,24?,25+/m1/s1. The Kier molecular flexibility index (Phi) is 9.37. The molecule has 0 radical (unpaired) electrons. The molecule has 2 heterocycles. The van der Waals surface area contributed by atoms with Crippen molar-refractivity contribution in [3.63, 3.8) is 0 Å². The summed E-state index contributed by atoms with van der Waals surface area (Å²) in [6, 6.07) is 0. The van der Waals surface area contributed by atoms with E-state index in [1.165, 1.54) is 5.57 Å². The van der Waals surface area contributed by atoms with Crippen molar-refractivity contribution in [2.45, 2.75) is 95.2 Å². The van der Waals surface area contributed by atoms with Crippen molar-refractivity contribution in [1.82, 2.24) is 10.6 Å². The highest BCUT2D eigenvalue weighted by Crippen LogP contribution is 2.59. The SMILES string of the molecule is COC1C(OC(=O)NCCCCCC(=O)NCCN)CC[C@]2(CO2)C1C1(C)O[C@@H]1CC=C(C)C. The summed E-state index contributed by atoms with van der Waals surface area (Å²) in [5, 5.41) is 5.59. The Morgan fingerprint density at radius 2 is 1.94 bits per heavy atom. The average molecular weight is 482 g/mol. The molecule has 1 saturated carbocycles. The van der Waals surface area contributed by atoms with Crippen LogP contribution in [-0.4, -0.2) is 74.9 Å². The van der Waals surface area contributed by atoms with Gasteiger partial charge >= 0.3 is 6.09 Å². The van der Waals surface area contributed by atoms with Crippen LogP contribution in [0, 0.1) is 5.92 Å². The first-order valence-electron chi connectivity index (χ1n) is 12.6. The average Bonchev–Trinajstić information content (AvgIpc) is 3.71. The summed E-state index contributed by atoms with van der Waals surface area (Å²) in [6.07, 6.45) is 6.55. The van der Waals surface area contributed by atoms with Crippen LogP contribution in [-0.2, 0) is 23.7 Å². The molecule has 9 heteroatoms. The fourth-order valence-electron chi connectivity index (χ4n) is 5.33. The second-order valence-corrected chi connectivity index (χ2v) is 10.2. The van der Waals surface area contributed by atoms with Gasteiger partial charge in [0.1, 0.15) is 23.4 Å². The molecule has 34 heavy (non-hydrogen) atoms. The Morgan fingerprint density at radius 1 is 1.18 bits per heavy atom. The van der Waals surface area contributed by atoms with E-state index < -0.39 is 6.09 Å². The predicted molar refractivity (Wildman–Crippen MR) is 128 cm³/mol. The Morgan fingerprint density at radius 3 is 2.59 bits per heavy atom. The van der Waals surface area contributed by atoms with Crippen LogP contribution >= 0.6 is 0 Å². The third-order valence-electron chi connectivity index (χ3n) is 7.31. The molecular formula is C25H43N3O6. The van der Waals surface area contributed by atoms with E-state index in [-0.39, 0.29) is 41.3 Å². The van der Waals surface area contributed by atoms with Crippen LogP contribution in [0.3, 0.4) is 0 Å². The van der Waals surface area contributed by atoms with Crippen LogP contribution in [0.1, 0.15) is 65.7 Å². The molecule has 2 saturated heterocycles. The van der Waals surface area contributed by atoms with Crippen molar-refractivity contribution < 1.29 is 28.5 Å².